The van der Waals surface area contributed by atoms with E-state index >= 15 is 8.78 Å². The van der Waals surface area contributed by atoms with Crippen LogP contribution in [0.4, 0.5) is 52.7 Å². The number of nitrogens with zero attached hydrogens (tertiary/aromatic N) is 6. The van der Waals surface area contributed by atoms with E-state index in [1.165, 1.54) is 0 Å². The number of nitriles is 6. The van der Waals surface area contributed by atoms with Gasteiger partial charge in [0.1, 0.15) is 54.2 Å². The van der Waals surface area contributed by atoms with Crippen LogP contribution >= 0.6 is 0 Å². The summed E-state index contributed by atoms with van der Waals surface area (Å²) in [6, 6.07) is 5.78. The number of allylic oxidation sites excluding steroid dienone is 11. The van der Waals surface area contributed by atoms with Gasteiger partial charge in [-0.25, -0.2) is 52.7 Å². The molecule has 0 heterocycles. The van der Waals surface area contributed by atoms with Crippen molar-refractivity contribution in [2.24, 2.45) is 0 Å². The van der Waals surface area contributed by atoms with E-state index in [9.17, 15) is 59.7 Å². The zero-order valence-electron chi connectivity index (χ0n) is 24.2. The van der Waals surface area contributed by atoms with Crippen LogP contribution in [-0.4, -0.2) is 0 Å². The topological polar surface area (TPSA) is 143 Å². The smallest absolute Gasteiger partial charge is 0.180 e. The second-order valence-electron chi connectivity index (χ2n) is 9.00. The summed E-state index contributed by atoms with van der Waals surface area (Å²) in [7, 11) is 0. The molecular formula is C32H8F12N6. The largest absolute Gasteiger partial charge is 0.246 e. The van der Waals surface area contributed by atoms with Crippen LogP contribution in [0.5, 0.6) is 0 Å². The number of benzene rings is 2. The highest BCUT2D eigenvalue weighted by atomic mass is 19.2. The van der Waals surface area contributed by atoms with E-state index < -0.39 is 132 Å². The van der Waals surface area contributed by atoms with Crippen LogP contribution in [-0.2, 0) is 6.67 Å². The first-order chi connectivity index (χ1) is 23.6. The van der Waals surface area contributed by atoms with E-state index in [4.69, 9.17) is 15.8 Å². The van der Waals surface area contributed by atoms with Gasteiger partial charge in [-0.2, -0.15) is 31.6 Å². The summed E-state index contributed by atoms with van der Waals surface area (Å²) in [5, 5.41) is 56.0. The Bertz CT molecular complexity index is 2260. The minimum Gasteiger partial charge on any atom is -0.246 e. The molecule has 18 heteroatoms. The third-order valence-electron chi connectivity index (χ3n) is 6.42. The van der Waals surface area contributed by atoms with Gasteiger partial charge in [0.15, 0.2) is 52.4 Å². The Balaban J connectivity index is 3.40. The fraction of sp³-hybridized carbons (Fsp3) is 0.0625. The van der Waals surface area contributed by atoms with Crippen LogP contribution in [0, 0.1) is 109 Å². The summed E-state index contributed by atoms with van der Waals surface area (Å²) >= 11 is 0. The third kappa shape index (κ3) is 6.96. The van der Waals surface area contributed by atoms with Gasteiger partial charge >= 0.3 is 0 Å². The summed E-state index contributed by atoms with van der Waals surface area (Å²) in [4.78, 5) is 0. The maximum atomic E-state index is 15.3. The molecule has 50 heavy (non-hydrogen) atoms. The Morgan fingerprint density at radius 1 is 0.620 bits per heavy atom. The molecule has 0 spiro atoms. The van der Waals surface area contributed by atoms with Crippen molar-refractivity contribution in [3.63, 3.8) is 0 Å². The lowest BCUT2D eigenvalue weighted by Gasteiger charge is -2.15. The number of rotatable bonds is 8. The minimum atomic E-state index is -2.51. The van der Waals surface area contributed by atoms with E-state index in [-0.39, 0.29) is 12.2 Å². The van der Waals surface area contributed by atoms with Crippen molar-refractivity contribution in [3.8, 4) is 36.4 Å². The summed E-state index contributed by atoms with van der Waals surface area (Å²) in [6.07, 6.45) is -1.25. The molecule has 0 N–H and O–H groups in total. The fourth-order valence-electron chi connectivity index (χ4n) is 4.03. The Morgan fingerprint density at radius 2 is 1.14 bits per heavy atom. The van der Waals surface area contributed by atoms with E-state index in [2.05, 4.69) is 0 Å². The standard InChI is InChI=1S/C32H8F12N6/c1-12(17(8-47)24-26(38)16(4-33)18(9-48)27(39)32(24)44)15(13(6-45)3-21(35)25(37)19(10-49)22(36)5-34)2-14(7-46)23-30(42)28(40)20(11-50)29(41)31(23)43/h2-3,5H,4H2,1H3/b14-2-,15-13+,17-12+,21-3-,22-5-,25-19+. The molecule has 0 radical (unpaired) electrons. The molecule has 250 valence electrons. The van der Waals surface area contributed by atoms with Crippen molar-refractivity contribution >= 4 is 11.1 Å². The molecule has 0 aliphatic carbocycles. The van der Waals surface area contributed by atoms with E-state index in [0.29, 0.717) is 6.92 Å². The number of hydrogen-bond donors (Lipinski definition) is 0. The number of hydrogen-bond acceptors (Lipinski definition) is 6. The first kappa shape index (κ1) is 39.2. The van der Waals surface area contributed by atoms with Crippen LogP contribution in [0.2, 0.25) is 0 Å². The monoisotopic (exact) mass is 704 g/mol. The minimum absolute atomic E-state index is 0.0161. The predicted molar refractivity (Wildman–Crippen MR) is 145 cm³/mol. The van der Waals surface area contributed by atoms with Gasteiger partial charge in [0.05, 0.1) is 45.5 Å². The molecule has 0 saturated heterocycles. The van der Waals surface area contributed by atoms with Gasteiger partial charge < -0.3 is 0 Å². The average Bonchev–Trinajstić information content (AvgIpc) is 3.11. The Kier molecular flexibility index (Phi) is 12.7. The van der Waals surface area contributed by atoms with Crippen LogP contribution in [0.1, 0.15) is 34.7 Å². The van der Waals surface area contributed by atoms with Crippen molar-refractivity contribution in [1.29, 1.82) is 31.6 Å². The summed E-state index contributed by atoms with van der Waals surface area (Å²) in [5.74, 6) is -23.4. The quantitative estimate of drug-likeness (QED) is 0.116. The second-order valence-corrected chi connectivity index (χ2v) is 9.00. The van der Waals surface area contributed by atoms with Crippen LogP contribution in [0.15, 0.2) is 58.3 Å². The van der Waals surface area contributed by atoms with E-state index in [1.54, 1.807) is 0 Å². The number of halogens is 12. The molecule has 0 saturated carbocycles. The van der Waals surface area contributed by atoms with Gasteiger partial charge in [-0.1, -0.05) is 0 Å². The second kappa shape index (κ2) is 16.2. The molecule has 0 fully saturated rings. The molecule has 0 aromatic heterocycles. The lowest BCUT2D eigenvalue weighted by molar-refractivity contribution is 0.441. The van der Waals surface area contributed by atoms with Crippen LogP contribution in [0.3, 0.4) is 0 Å². The highest BCUT2D eigenvalue weighted by molar-refractivity contribution is 5.88. The van der Waals surface area contributed by atoms with Gasteiger partial charge in [0.25, 0.3) is 0 Å². The molecule has 0 aliphatic heterocycles. The van der Waals surface area contributed by atoms with E-state index in [1.807, 2.05) is 0 Å². The fourth-order valence-corrected chi connectivity index (χ4v) is 4.03. The Hall–Kier alpha value is -7.02. The highest BCUT2D eigenvalue weighted by Crippen LogP contribution is 2.37. The lowest BCUT2D eigenvalue weighted by Crippen LogP contribution is -2.09. The normalized spacial score (nSPS) is 13.4. The van der Waals surface area contributed by atoms with Gasteiger partial charge in [-0.15, -0.1) is 0 Å². The Morgan fingerprint density at radius 3 is 1.56 bits per heavy atom. The molecule has 2 aromatic carbocycles. The molecule has 2 aromatic rings. The van der Waals surface area contributed by atoms with E-state index in [0.717, 1.165) is 36.4 Å². The third-order valence-corrected chi connectivity index (χ3v) is 6.42. The van der Waals surface area contributed by atoms with Crippen molar-refractivity contribution in [2.75, 3.05) is 0 Å². The van der Waals surface area contributed by atoms with Crippen LogP contribution in [0.25, 0.3) is 11.1 Å². The zero-order valence-corrected chi connectivity index (χ0v) is 24.2. The zero-order chi connectivity index (χ0) is 38.2. The molecular weight excluding hydrogens is 696 g/mol. The van der Waals surface area contributed by atoms with Gasteiger partial charge in [0, 0.05) is 5.56 Å². The lowest BCUT2D eigenvalue weighted by atomic mass is 9.88. The maximum absolute atomic E-state index is 15.3. The van der Waals surface area contributed by atoms with Gasteiger partial charge in [-0.3, -0.25) is 0 Å². The summed E-state index contributed by atoms with van der Waals surface area (Å²) in [5.41, 5.74) is -17.4. The molecule has 6 nitrogen and oxygen atoms in total. The summed E-state index contributed by atoms with van der Waals surface area (Å²) in [6.45, 7) is -1.42. The predicted octanol–water partition coefficient (Wildman–Crippen LogP) is 8.98. The first-order valence-corrected chi connectivity index (χ1v) is 12.5. The van der Waals surface area contributed by atoms with Crippen molar-refractivity contribution in [2.45, 2.75) is 13.6 Å². The van der Waals surface area contributed by atoms with Crippen molar-refractivity contribution in [3.05, 3.63) is 127 Å². The van der Waals surface area contributed by atoms with Crippen molar-refractivity contribution in [1.82, 2.24) is 0 Å². The molecule has 0 amide bonds. The maximum Gasteiger partial charge on any atom is 0.180 e. The average molecular weight is 704 g/mol. The van der Waals surface area contributed by atoms with Crippen molar-refractivity contribution < 1.29 is 52.7 Å². The van der Waals surface area contributed by atoms with Crippen LogP contribution < -0.4 is 0 Å². The first-order valence-electron chi connectivity index (χ1n) is 12.5. The van der Waals surface area contributed by atoms with Gasteiger partial charge in [-0.05, 0) is 30.2 Å². The van der Waals surface area contributed by atoms with Gasteiger partial charge in [0.2, 0.25) is 0 Å². The Labute approximate surface area is 272 Å². The molecule has 0 bridgehead atoms. The molecule has 2 rings (SSSR count). The summed E-state index contributed by atoms with van der Waals surface area (Å²) < 4.78 is 173. The molecule has 0 atom stereocenters. The number of alkyl halides is 1. The SMILES string of the molecule is CC(=C(/C#N)c1c(F)c(F)c(C#N)c(CF)c1F)/C(/C=C(/C#N)c1c(F)c(F)c(C#N)c(F)c1F)=C(C#N)\C=C(F)\C(F)=C(C#N)/C(F)=C/F. The molecule has 0 aliphatic rings. The highest BCUT2D eigenvalue weighted by Gasteiger charge is 2.31. The molecule has 0 unspecified atom stereocenters.